The van der Waals surface area contributed by atoms with Crippen molar-refractivity contribution in [2.24, 2.45) is 0 Å². The normalized spacial score (nSPS) is 19.5. The van der Waals surface area contributed by atoms with Gasteiger partial charge in [0, 0.05) is 6.61 Å². The van der Waals surface area contributed by atoms with Crippen LogP contribution in [0.2, 0.25) is 0 Å². The van der Waals surface area contributed by atoms with Gasteiger partial charge >= 0.3 is 0 Å². The molecular weight excluding hydrogens is 230 g/mol. The number of ether oxygens (including phenoxy) is 2. The fraction of sp³-hybridized carbons (Fsp3) is 0.462. The van der Waals surface area contributed by atoms with E-state index in [1.165, 1.54) is 0 Å². The predicted octanol–water partition coefficient (Wildman–Crippen LogP) is 1.98. The fourth-order valence-corrected chi connectivity index (χ4v) is 2.49. The fourth-order valence-electron chi connectivity index (χ4n) is 2.49. The first kappa shape index (κ1) is 11.3. The SMILES string of the molecule is CCOc1cccc2c1nc(N)n2C1CCOC1. The topological polar surface area (TPSA) is 62.3 Å². The summed E-state index contributed by atoms with van der Waals surface area (Å²) in [5.41, 5.74) is 7.90. The first-order valence-corrected chi connectivity index (χ1v) is 6.28. The molecule has 5 nitrogen and oxygen atoms in total. The number of nitrogen functional groups attached to an aromatic ring is 1. The number of anilines is 1. The molecule has 0 amide bonds. The van der Waals surface area contributed by atoms with Gasteiger partial charge < -0.3 is 19.8 Å². The van der Waals surface area contributed by atoms with Crippen LogP contribution in [-0.2, 0) is 4.74 Å². The number of fused-ring (bicyclic) bond motifs is 1. The van der Waals surface area contributed by atoms with Gasteiger partial charge in [-0.1, -0.05) is 6.07 Å². The van der Waals surface area contributed by atoms with Gasteiger partial charge in [-0.2, -0.15) is 0 Å². The average molecular weight is 247 g/mol. The second-order valence-electron chi connectivity index (χ2n) is 4.41. The molecule has 18 heavy (non-hydrogen) atoms. The van der Waals surface area contributed by atoms with E-state index < -0.39 is 0 Å². The van der Waals surface area contributed by atoms with Crippen LogP contribution in [0.4, 0.5) is 5.95 Å². The van der Waals surface area contributed by atoms with Gasteiger partial charge in [-0.3, -0.25) is 0 Å². The highest BCUT2D eigenvalue weighted by molar-refractivity contribution is 5.84. The number of rotatable bonds is 3. The molecule has 1 saturated heterocycles. The number of para-hydroxylation sites is 1. The van der Waals surface area contributed by atoms with Gasteiger partial charge in [0.1, 0.15) is 11.3 Å². The summed E-state index contributed by atoms with van der Waals surface area (Å²) in [7, 11) is 0. The van der Waals surface area contributed by atoms with E-state index in [4.69, 9.17) is 15.2 Å². The first-order valence-electron chi connectivity index (χ1n) is 6.28. The highest BCUT2D eigenvalue weighted by atomic mass is 16.5. The molecule has 2 heterocycles. The lowest BCUT2D eigenvalue weighted by atomic mass is 10.2. The molecule has 1 fully saturated rings. The van der Waals surface area contributed by atoms with Crippen molar-refractivity contribution in [2.75, 3.05) is 25.6 Å². The Bertz CT molecular complexity index is 559. The molecule has 1 aliphatic heterocycles. The molecule has 1 aromatic heterocycles. The van der Waals surface area contributed by atoms with Crippen LogP contribution >= 0.6 is 0 Å². The summed E-state index contributed by atoms with van der Waals surface area (Å²) in [6.07, 6.45) is 0.981. The molecule has 5 heteroatoms. The third kappa shape index (κ3) is 1.71. The molecular formula is C13H17N3O2. The van der Waals surface area contributed by atoms with Crippen molar-refractivity contribution in [2.45, 2.75) is 19.4 Å². The van der Waals surface area contributed by atoms with E-state index in [1.807, 2.05) is 25.1 Å². The molecule has 1 unspecified atom stereocenters. The lowest BCUT2D eigenvalue weighted by Crippen LogP contribution is -2.11. The first-order chi connectivity index (χ1) is 8.81. The van der Waals surface area contributed by atoms with E-state index in [-0.39, 0.29) is 6.04 Å². The zero-order valence-corrected chi connectivity index (χ0v) is 10.4. The third-order valence-corrected chi connectivity index (χ3v) is 3.28. The molecule has 2 N–H and O–H groups in total. The Labute approximate surface area is 106 Å². The molecule has 0 bridgehead atoms. The van der Waals surface area contributed by atoms with Gasteiger partial charge in [-0.25, -0.2) is 4.98 Å². The van der Waals surface area contributed by atoms with E-state index in [2.05, 4.69) is 9.55 Å². The number of nitrogens with two attached hydrogens (primary N) is 1. The Morgan fingerprint density at radius 3 is 3.17 bits per heavy atom. The van der Waals surface area contributed by atoms with E-state index >= 15 is 0 Å². The Hall–Kier alpha value is -1.75. The summed E-state index contributed by atoms with van der Waals surface area (Å²) < 4.78 is 13.1. The number of benzene rings is 1. The van der Waals surface area contributed by atoms with E-state index in [9.17, 15) is 0 Å². The minimum atomic E-state index is 0.284. The number of imidazole rings is 1. The Morgan fingerprint density at radius 2 is 2.44 bits per heavy atom. The molecule has 1 aromatic carbocycles. The van der Waals surface area contributed by atoms with Crippen molar-refractivity contribution in [1.29, 1.82) is 0 Å². The van der Waals surface area contributed by atoms with Crippen LogP contribution in [0.5, 0.6) is 5.75 Å². The van der Waals surface area contributed by atoms with Crippen molar-refractivity contribution < 1.29 is 9.47 Å². The maximum absolute atomic E-state index is 6.04. The Balaban J connectivity index is 2.14. The standard InChI is InChI=1S/C13H17N3O2/c1-2-18-11-5-3-4-10-12(11)15-13(14)16(10)9-6-7-17-8-9/h3-5,9H,2,6-8H2,1H3,(H2,14,15). The summed E-state index contributed by atoms with van der Waals surface area (Å²) in [4.78, 5) is 4.44. The molecule has 1 atom stereocenters. The zero-order valence-electron chi connectivity index (χ0n) is 10.4. The zero-order chi connectivity index (χ0) is 12.5. The predicted molar refractivity (Wildman–Crippen MR) is 69.8 cm³/mol. The van der Waals surface area contributed by atoms with E-state index in [0.717, 1.165) is 29.8 Å². The van der Waals surface area contributed by atoms with Gasteiger partial charge in [0.2, 0.25) is 5.95 Å². The maximum Gasteiger partial charge on any atom is 0.201 e. The molecule has 0 radical (unpaired) electrons. The minimum absolute atomic E-state index is 0.284. The van der Waals surface area contributed by atoms with Crippen LogP contribution in [0.15, 0.2) is 18.2 Å². The minimum Gasteiger partial charge on any atom is -0.492 e. The summed E-state index contributed by atoms with van der Waals surface area (Å²) in [6.45, 7) is 4.08. The van der Waals surface area contributed by atoms with Gasteiger partial charge in [0.05, 0.1) is 24.8 Å². The Morgan fingerprint density at radius 1 is 1.56 bits per heavy atom. The summed E-state index contributed by atoms with van der Waals surface area (Å²) in [5.74, 6) is 1.33. The van der Waals surface area contributed by atoms with Crippen LogP contribution in [0.25, 0.3) is 11.0 Å². The van der Waals surface area contributed by atoms with Crippen LogP contribution in [0, 0.1) is 0 Å². The second kappa shape index (κ2) is 4.49. The van der Waals surface area contributed by atoms with Crippen LogP contribution in [-0.4, -0.2) is 29.4 Å². The van der Waals surface area contributed by atoms with Crippen LogP contribution < -0.4 is 10.5 Å². The highest BCUT2D eigenvalue weighted by Gasteiger charge is 2.23. The summed E-state index contributed by atoms with van der Waals surface area (Å²) in [6, 6.07) is 6.21. The Kier molecular flexibility index (Phi) is 2.83. The third-order valence-electron chi connectivity index (χ3n) is 3.28. The van der Waals surface area contributed by atoms with Crippen molar-refractivity contribution >= 4 is 17.0 Å². The number of hydrogen-bond donors (Lipinski definition) is 1. The highest BCUT2D eigenvalue weighted by Crippen LogP contribution is 2.32. The number of hydrogen-bond acceptors (Lipinski definition) is 4. The van der Waals surface area contributed by atoms with Crippen molar-refractivity contribution in [1.82, 2.24) is 9.55 Å². The second-order valence-corrected chi connectivity index (χ2v) is 4.41. The van der Waals surface area contributed by atoms with Gasteiger partial charge in [-0.05, 0) is 25.5 Å². The molecule has 0 spiro atoms. The van der Waals surface area contributed by atoms with Crippen LogP contribution in [0.1, 0.15) is 19.4 Å². The van der Waals surface area contributed by atoms with Gasteiger partial charge in [0.15, 0.2) is 0 Å². The molecule has 96 valence electrons. The van der Waals surface area contributed by atoms with Crippen LogP contribution in [0.3, 0.4) is 0 Å². The van der Waals surface area contributed by atoms with Crippen molar-refractivity contribution in [3.05, 3.63) is 18.2 Å². The number of aromatic nitrogens is 2. The average Bonchev–Trinajstić information content (AvgIpc) is 2.96. The van der Waals surface area contributed by atoms with Crippen molar-refractivity contribution in [3.63, 3.8) is 0 Å². The van der Waals surface area contributed by atoms with Gasteiger partial charge in [0.25, 0.3) is 0 Å². The quantitative estimate of drug-likeness (QED) is 0.900. The molecule has 0 aliphatic carbocycles. The smallest absolute Gasteiger partial charge is 0.201 e. The lowest BCUT2D eigenvalue weighted by Gasteiger charge is -2.12. The molecule has 1 aliphatic rings. The summed E-state index contributed by atoms with van der Waals surface area (Å²) >= 11 is 0. The van der Waals surface area contributed by atoms with Gasteiger partial charge in [-0.15, -0.1) is 0 Å². The van der Waals surface area contributed by atoms with Crippen molar-refractivity contribution in [3.8, 4) is 5.75 Å². The summed E-state index contributed by atoms with van der Waals surface area (Å²) in [5, 5.41) is 0. The lowest BCUT2D eigenvalue weighted by molar-refractivity contribution is 0.187. The molecule has 0 saturated carbocycles. The maximum atomic E-state index is 6.04. The van der Waals surface area contributed by atoms with E-state index in [1.54, 1.807) is 0 Å². The largest absolute Gasteiger partial charge is 0.492 e. The van der Waals surface area contributed by atoms with E-state index in [0.29, 0.717) is 19.2 Å². The number of nitrogens with zero attached hydrogens (tertiary/aromatic N) is 2. The monoisotopic (exact) mass is 247 g/mol. The molecule has 3 rings (SSSR count). The molecule has 2 aromatic rings.